The number of hydrogen-bond donors (Lipinski definition) is 2. The van der Waals surface area contributed by atoms with Crippen molar-refractivity contribution in [1.82, 2.24) is 10.2 Å². The summed E-state index contributed by atoms with van der Waals surface area (Å²) in [6, 6.07) is 10.5. The second kappa shape index (κ2) is 14.7. The van der Waals surface area contributed by atoms with Crippen molar-refractivity contribution >= 4 is 48.3 Å². The molecule has 0 spiro atoms. The Morgan fingerprint density at radius 3 is 2.62 bits per heavy atom. The Kier molecular flexibility index (Phi) is 11.3. The van der Waals surface area contributed by atoms with Crippen LogP contribution in [0.2, 0.25) is 5.02 Å². The molecule has 2 aromatic carbocycles. The molecular formula is C28H32ClF3N6O4. The molecule has 0 unspecified atom stereocenters. The molecule has 0 atom stereocenters. The van der Waals surface area contributed by atoms with Crippen molar-refractivity contribution in [2.24, 2.45) is 20.4 Å². The van der Waals surface area contributed by atoms with Crippen LogP contribution < -0.4 is 15.4 Å². The molecule has 0 saturated carbocycles. The smallest absolute Gasteiger partial charge is 0.422 e. The number of aliphatic imine (C=N–C) groups is 3. The van der Waals surface area contributed by atoms with E-state index in [4.69, 9.17) is 21.1 Å². The molecule has 42 heavy (non-hydrogen) atoms. The molecule has 0 aromatic heterocycles. The summed E-state index contributed by atoms with van der Waals surface area (Å²) in [5.74, 6) is -0.147. The monoisotopic (exact) mass is 608 g/mol. The normalized spacial score (nSPS) is 18.3. The van der Waals surface area contributed by atoms with Crippen molar-refractivity contribution in [1.29, 1.82) is 0 Å². The summed E-state index contributed by atoms with van der Waals surface area (Å²) >= 11 is 6.37. The third-order valence-corrected chi connectivity index (χ3v) is 6.16. The molecule has 0 radical (unpaired) electrons. The van der Waals surface area contributed by atoms with Gasteiger partial charge in [-0.05, 0) is 60.5 Å². The molecule has 14 heteroatoms. The molecule has 4 bridgehead atoms. The second-order valence-corrected chi connectivity index (χ2v) is 10.6. The third kappa shape index (κ3) is 10.7. The van der Waals surface area contributed by atoms with Crippen molar-refractivity contribution in [2.45, 2.75) is 33.0 Å². The van der Waals surface area contributed by atoms with Crippen LogP contribution in [-0.4, -0.2) is 74.9 Å². The van der Waals surface area contributed by atoms with E-state index >= 15 is 0 Å². The van der Waals surface area contributed by atoms with Gasteiger partial charge in [0.25, 0.3) is 11.9 Å². The van der Waals surface area contributed by atoms with E-state index in [-0.39, 0.29) is 25.0 Å². The summed E-state index contributed by atoms with van der Waals surface area (Å²) < 4.78 is 49.3. The van der Waals surface area contributed by atoms with Gasteiger partial charge in [-0.3, -0.25) is 9.59 Å². The van der Waals surface area contributed by atoms with E-state index in [0.29, 0.717) is 53.7 Å². The number of carbonyl (C=O) groups excluding carboxylic acids is 2. The van der Waals surface area contributed by atoms with Crippen LogP contribution in [0.1, 0.15) is 36.2 Å². The van der Waals surface area contributed by atoms with Crippen molar-refractivity contribution in [3.63, 3.8) is 0 Å². The predicted octanol–water partition coefficient (Wildman–Crippen LogP) is 4.94. The van der Waals surface area contributed by atoms with Crippen LogP contribution in [0.15, 0.2) is 57.4 Å². The minimum absolute atomic E-state index is 0.0400. The average Bonchev–Trinajstić information content (AvgIpc) is 2.94. The summed E-state index contributed by atoms with van der Waals surface area (Å²) in [5, 5.41) is 5.84. The minimum Gasteiger partial charge on any atom is -0.492 e. The maximum atomic E-state index is 12.9. The molecule has 4 aliphatic heterocycles. The van der Waals surface area contributed by atoms with Gasteiger partial charge in [0.2, 0.25) is 12.4 Å². The van der Waals surface area contributed by atoms with E-state index in [0.717, 1.165) is 6.41 Å². The first-order valence-corrected chi connectivity index (χ1v) is 13.3. The van der Waals surface area contributed by atoms with Crippen LogP contribution in [0, 0.1) is 5.41 Å². The lowest BCUT2D eigenvalue weighted by atomic mass is 9.92. The highest BCUT2D eigenvalue weighted by Gasteiger charge is 2.29. The van der Waals surface area contributed by atoms with E-state index in [9.17, 15) is 22.8 Å². The number of amidine groups is 1. The van der Waals surface area contributed by atoms with E-state index in [1.165, 1.54) is 24.3 Å². The van der Waals surface area contributed by atoms with E-state index < -0.39 is 24.2 Å². The van der Waals surface area contributed by atoms with Gasteiger partial charge in [-0.25, -0.2) is 9.98 Å². The first-order valence-electron chi connectivity index (χ1n) is 12.9. The summed E-state index contributed by atoms with van der Waals surface area (Å²) in [6.45, 7) is 7.11. The van der Waals surface area contributed by atoms with Crippen molar-refractivity contribution in [3.8, 4) is 5.75 Å². The van der Waals surface area contributed by atoms with Crippen LogP contribution in [-0.2, 0) is 16.1 Å². The number of anilines is 1. The Labute approximate surface area is 246 Å². The van der Waals surface area contributed by atoms with Gasteiger partial charge in [0, 0.05) is 30.9 Å². The average molecular weight is 609 g/mol. The lowest BCUT2D eigenvalue weighted by Gasteiger charge is -2.30. The van der Waals surface area contributed by atoms with Crippen LogP contribution in [0.3, 0.4) is 0 Å². The number of rotatable bonds is 2. The van der Waals surface area contributed by atoms with Gasteiger partial charge in [-0.1, -0.05) is 31.5 Å². The highest BCUT2D eigenvalue weighted by Crippen LogP contribution is 2.26. The SMILES string of the molecule is C=NC1=NCc2ccc(c(Cl)c2)OCCCN(C=O)CC(C)(C)CNC(=O)c2ccc(cc2)N/C(OCC(F)(F)F)=N\1. The number of carbonyl (C=O) groups is 2. The summed E-state index contributed by atoms with van der Waals surface area (Å²) in [4.78, 5) is 37.9. The molecule has 2 N–H and O–H groups in total. The number of hydrogen-bond acceptors (Lipinski definition) is 8. The summed E-state index contributed by atoms with van der Waals surface area (Å²) in [5.41, 5.74) is 0.844. The number of alkyl halides is 3. The van der Waals surface area contributed by atoms with Crippen LogP contribution in [0.4, 0.5) is 18.9 Å². The Morgan fingerprint density at radius 1 is 1.24 bits per heavy atom. The second-order valence-electron chi connectivity index (χ2n) is 10.2. The lowest BCUT2D eigenvalue weighted by Crippen LogP contribution is -2.42. The molecule has 226 valence electrons. The number of nitrogens with zero attached hydrogens (tertiary/aromatic N) is 4. The Bertz CT molecular complexity index is 1320. The number of benzene rings is 2. The van der Waals surface area contributed by atoms with E-state index in [1.807, 2.05) is 13.8 Å². The number of halogens is 4. The van der Waals surface area contributed by atoms with Gasteiger partial charge >= 0.3 is 6.18 Å². The third-order valence-electron chi connectivity index (χ3n) is 5.87. The highest BCUT2D eigenvalue weighted by molar-refractivity contribution is 6.32. The topological polar surface area (TPSA) is 117 Å². The van der Waals surface area contributed by atoms with Gasteiger partial charge in [0.1, 0.15) is 5.75 Å². The fraction of sp³-hybridized carbons (Fsp3) is 0.393. The maximum absolute atomic E-state index is 12.9. The molecular weight excluding hydrogens is 577 g/mol. The van der Waals surface area contributed by atoms with Crippen molar-refractivity contribution in [3.05, 3.63) is 58.6 Å². The molecule has 0 aliphatic carbocycles. The Balaban J connectivity index is 1.92. The highest BCUT2D eigenvalue weighted by atomic mass is 35.5. The minimum atomic E-state index is -4.62. The largest absolute Gasteiger partial charge is 0.492 e. The maximum Gasteiger partial charge on any atom is 0.422 e. The first kappa shape index (κ1) is 32.4. The van der Waals surface area contributed by atoms with E-state index in [1.54, 1.807) is 23.1 Å². The van der Waals surface area contributed by atoms with Gasteiger partial charge < -0.3 is 25.0 Å². The van der Waals surface area contributed by atoms with E-state index in [2.05, 4.69) is 32.3 Å². The molecule has 2 amide bonds. The van der Waals surface area contributed by atoms with Gasteiger partial charge in [0.05, 0.1) is 18.2 Å². The number of nitrogens with one attached hydrogen (secondary N) is 2. The molecule has 4 heterocycles. The summed E-state index contributed by atoms with van der Waals surface area (Å²) in [6.07, 6.45) is -3.31. The number of ether oxygens (including phenoxy) is 2. The van der Waals surface area contributed by atoms with Gasteiger partial charge in [-0.15, -0.1) is 0 Å². The quantitative estimate of drug-likeness (QED) is 0.370. The van der Waals surface area contributed by atoms with Crippen molar-refractivity contribution < 1.29 is 32.2 Å². The zero-order valence-corrected chi connectivity index (χ0v) is 24.0. The molecule has 2 aromatic rings. The molecule has 4 aliphatic rings. The zero-order chi connectivity index (χ0) is 30.8. The lowest BCUT2D eigenvalue weighted by molar-refractivity contribution is -0.156. The number of guanidine groups is 1. The van der Waals surface area contributed by atoms with Gasteiger partial charge in [-0.2, -0.15) is 18.2 Å². The Morgan fingerprint density at radius 2 is 1.98 bits per heavy atom. The van der Waals surface area contributed by atoms with Gasteiger partial charge in [0.15, 0.2) is 6.61 Å². The van der Waals surface area contributed by atoms with Crippen LogP contribution in [0.25, 0.3) is 0 Å². The predicted molar refractivity (Wildman–Crippen MR) is 156 cm³/mol. The first-order chi connectivity index (χ1) is 19.9. The fourth-order valence-corrected chi connectivity index (χ4v) is 4.11. The van der Waals surface area contributed by atoms with Crippen LogP contribution >= 0.6 is 11.6 Å². The number of amides is 2. The molecule has 10 nitrogen and oxygen atoms in total. The molecule has 0 saturated heterocycles. The van der Waals surface area contributed by atoms with Crippen LogP contribution in [0.5, 0.6) is 5.75 Å². The standard InChI is InChI=1S/C28H32ClF3N6O4/c1-27(2)15-35-24(40)20-6-8-21(9-7-20)36-26(42-17-28(30,31)32)37-25(33-3)34-14-19-5-10-23(22(29)13-19)41-12-4-11-38(16-27)18-39/h5-10,13,18H,3-4,11-12,14-17H2,1-2H3,(H,35,40)(H,34,36,37). The molecule has 0 fully saturated rings. The fourth-order valence-electron chi connectivity index (χ4n) is 3.85. The zero-order valence-electron chi connectivity index (χ0n) is 23.2. The molecule has 6 rings (SSSR count). The summed E-state index contributed by atoms with van der Waals surface area (Å²) in [7, 11) is 0. The van der Waals surface area contributed by atoms with Crippen molar-refractivity contribution in [2.75, 3.05) is 38.2 Å². The Hall–Kier alpha value is -4.13.